The van der Waals surface area contributed by atoms with Crippen molar-refractivity contribution in [2.24, 2.45) is 0 Å². The van der Waals surface area contributed by atoms with Gasteiger partial charge in [-0.2, -0.15) is 0 Å². The van der Waals surface area contributed by atoms with Crippen LogP contribution in [0, 0.1) is 0 Å². The van der Waals surface area contributed by atoms with Crippen LogP contribution in [0.15, 0.2) is 24.3 Å². The van der Waals surface area contributed by atoms with E-state index in [0.29, 0.717) is 5.56 Å². The number of aryl methyl sites for hydroxylation is 1. The molecule has 5 heteroatoms. The molecule has 0 atom stereocenters. The number of hydrogen-bond donors (Lipinski definition) is 0. The molecule has 0 aliphatic heterocycles. The fraction of sp³-hybridized carbons (Fsp3) is 0.417. The van der Waals surface area contributed by atoms with Gasteiger partial charge in [-0.15, -0.1) is 0 Å². The minimum Gasteiger partial charge on any atom is -0.312 e. The molecule has 17 heavy (non-hydrogen) atoms. The van der Waals surface area contributed by atoms with Gasteiger partial charge in [0, 0.05) is 19.8 Å². The third-order valence-electron chi connectivity index (χ3n) is 2.55. The summed E-state index contributed by atoms with van der Waals surface area (Å²) in [4.78, 5) is 11.9. The second-order valence-corrected chi connectivity index (χ2v) is 5.88. The van der Waals surface area contributed by atoms with Gasteiger partial charge in [-0.25, -0.2) is 0 Å². The average molecular weight is 256 g/mol. The first-order chi connectivity index (χ1) is 8.04. The first-order valence-corrected chi connectivity index (χ1v) is 7.10. The van der Waals surface area contributed by atoms with Crippen molar-refractivity contribution < 1.29 is 18.4 Å². The molecule has 0 N–H and O–H groups in total. The van der Waals surface area contributed by atoms with Gasteiger partial charge >= 0.3 is 7.60 Å². The van der Waals surface area contributed by atoms with Gasteiger partial charge in [0.2, 0.25) is 0 Å². The molecular weight excluding hydrogens is 239 g/mol. The molecule has 0 radical (unpaired) electrons. The standard InChI is InChI=1S/C12H17O4P/c1-4-10-6-5-7-11(8-10)12(13)9-17(14,15-2)16-3/h5-8H,4,9H2,1-3H3. The third kappa shape index (κ3) is 3.77. The first-order valence-electron chi connectivity index (χ1n) is 5.37. The van der Waals surface area contributed by atoms with E-state index in [2.05, 4.69) is 0 Å². The third-order valence-corrected chi connectivity index (χ3v) is 4.34. The molecule has 4 nitrogen and oxygen atoms in total. The van der Waals surface area contributed by atoms with Crippen LogP contribution in [0.25, 0.3) is 0 Å². The van der Waals surface area contributed by atoms with E-state index < -0.39 is 7.60 Å². The largest absolute Gasteiger partial charge is 0.337 e. The molecule has 0 bridgehead atoms. The Morgan fingerprint density at radius 3 is 2.47 bits per heavy atom. The SMILES string of the molecule is CCc1cccc(C(=O)CP(=O)(OC)OC)c1. The summed E-state index contributed by atoms with van der Waals surface area (Å²) in [6.07, 6.45) is 0.625. The Hall–Kier alpha value is -0.960. The quantitative estimate of drug-likeness (QED) is 0.580. The molecule has 0 saturated carbocycles. The van der Waals surface area contributed by atoms with E-state index in [9.17, 15) is 9.36 Å². The van der Waals surface area contributed by atoms with Crippen molar-refractivity contribution in [2.75, 3.05) is 20.4 Å². The summed E-state index contributed by atoms with van der Waals surface area (Å²) >= 11 is 0. The summed E-state index contributed by atoms with van der Waals surface area (Å²) in [5.41, 5.74) is 1.61. The summed E-state index contributed by atoms with van der Waals surface area (Å²) in [6.45, 7) is 2.01. The smallest absolute Gasteiger partial charge is 0.312 e. The number of hydrogen-bond acceptors (Lipinski definition) is 4. The van der Waals surface area contributed by atoms with E-state index in [4.69, 9.17) is 9.05 Å². The predicted octanol–water partition coefficient (Wildman–Crippen LogP) is 2.92. The normalized spacial score (nSPS) is 11.5. The van der Waals surface area contributed by atoms with Crippen LogP contribution in [-0.2, 0) is 20.0 Å². The maximum Gasteiger partial charge on any atom is 0.337 e. The maximum absolute atomic E-state index is 11.9. The lowest BCUT2D eigenvalue weighted by molar-refractivity contribution is 0.101. The maximum atomic E-state index is 11.9. The summed E-state index contributed by atoms with van der Waals surface area (Å²) in [5.74, 6) is -0.229. The lowest BCUT2D eigenvalue weighted by atomic mass is 10.1. The Morgan fingerprint density at radius 1 is 1.29 bits per heavy atom. The highest BCUT2D eigenvalue weighted by Gasteiger charge is 2.26. The van der Waals surface area contributed by atoms with Gasteiger partial charge in [0.15, 0.2) is 5.78 Å². The van der Waals surface area contributed by atoms with Gasteiger partial charge in [0.1, 0.15) is 6.16 Å². The second-order valence-electron chi connectivity index (χ2n) is 3.61. The van der Waals surface area contributed by atoms with Crippen LogP contribution >= 0.6 is 7.60 Å². The molecule has 0 aromatic heterocycles. The highest BCUT2D eigenvalue weighted by molar-refractivity contribution is 7.54. The van der Waals surface area contributed by atoms with Gasteiger partial charge in [-0.1, -0.05) is 25.1 Å². The fourth-order valence-corrected chi connectivity index (χ4v) is 2.38. The summed E-state index contributed by atoms with van der Waals surface area (Å²) in [7, 11) is -0.720. The molecule has 0 spiro atoms. The molecule has 0 aliphatic rings. The Morgan fingerprint density at radius 2 is 1.94 bits per heavy atom. The molecule has 0 unspecified atom stereocenters. The predicted molar refractivity (Wildman–Crippen MR) is 66.6 cm³/mol. The van der Waals surface area contributed by atoms with Crippen LogP contribution < -0.4 is 0 Å². The summed E-state index contributed by atoms with van der Waals surface area (Å²) in [5, 5.41) is 0. The van der Waals surface area contributed by atoms with Crippen molar-refractivity contribution >= 4 is 13.4 Å². The zero-order chi connectivity index (χ0) is 12.9. The van der Waals surface area contributed by atoms with Crippen LogP contribution in [0.2, 0.25) is 0 Å². The van der Waals surface area contributed by atoms with Crippen LogP contribution in [0.3, 0.4) is 0 Å². The van der Waals surface area contributed by atoms with Crippen molar-refractivity contribution in [2.45, 2.75) is 13.3 Å². The van der Waals surface area contributed by atoms with E-state index >= 15 is 0 Å². The number of rotatable bonds is 6. The Labute approximate surface area is 101 Å². The molecule has 0 heterocycles. The van der Waals surface area contributed by atoms with E-state index in [0.717, 1.165) is 12.0 Å². The fourth-order valence-electron chi connectivity index (χ4n) is 1.44. The Kier molecular flexibility index (Phi) is 5.06. The van der Waals surface area contributed by atoms with E-state index in [1.807, 2.05) is 19.1 Å². The van der Waals surface area contributed by atoms with Gasteiger partial charge in [-0.3, -0.25) is 9.36 Å². The van der Waals surface area contributed by atoms with E-state index in [-0.39, 0.29) is 11.9 Å². The second kappa shape index (κ2) is 6.10. The van der Waals surface area contributed by atoms with Crippen molar-refractivity contribution in [3.05, 3.63) is 35.4 Å². The number of carbonyl (C=O) groups is 1. The minimum absolute atomic E-state index is 0.229. The number of benzene rings is 1. The number of ketones is 1. The summed E-state index contributed by atoms with van der Waals surface area (Å²) in [6, 6.07) is 7.27. The Balaban J connectivity index is 2.86. The van der Waals surface area contributed by atoms with Gasteiger partial charge in [-0.05, 0) is 18.1 Å². The summed E-state index contributed by atoms with van der Waals surface area (Å²) < 4.78 is 21.3. The van der Waals surface area contributed by atoms with Crippen molar-refractivity contribution in [3.63, 3.8) is 0 Å². The number of carbonyl (C=O) groups excluding carboxylic acids is 1. The minimum atomic E-state index is -3.28. The van der Waals surface area contributed by atoms with Crippen LogP contribution in [0.1, 0.15) is 22.8 Å². The van der Waals surface area contributed by atoms with E-state index in [1.54, 1.807) is 12.1 Å². The molecule has 0 amide bonds. The zero-order valence-corrected chi connectivity index (χ0v) is 11.2. The molecule has 1 aromatic carbocycles. The van der Waals surface area contributed by atoms with Crippen LogP contribution in [-0.4, -0.2) is 26.2 Å². The molecule has 94 valence electrons. The molecule has 0 fully saturated rings. The highest BCUT2D eigenvalue weighted by Crippen LogP contribution is 2.46. The monoisotopic (exact) mass is 256 g/mol. The highest BCUT2D eigenvalue weighted by atomic mass is 31.2. The Bertz CT molecular complexity index is 434. The van der Waals surface area contributed by atoms with Gasteiger partial charge < -0.3 is 9.05 Å². The first kappa shape index (κ1) is 14.1. The molecule has 1 aromatic rings. The average Bonchev–Trinajstić information content (AvgIpc) is 2.38. The lowest BCUT2D eigenvalue weighted by Gasteiger charge is -2.12. The lowest BCUT2D eigenvalue weighted by Crippen LogP contribution is -2.08. The molecule has 1 rings (SSSR count). The molecular formula is C12H17O4P. The van der Waals surface area contributed by atoms with Crippen molar-refractivity contribution in [1.82, 2.24) is 0 Å². The topological polar surface area (TPSA) is 52.6 Å². The van der Waals surface area contributed by atoms with Gasteiger partial charge in [0.25, 0.3) is 0 Å². The van der Waals surface area contributed by atoms with Gasteiger partial charge in [0.05, 0.1) is 0 Å². The van der Waals surface area contributed by atoms with Crippen molar-refractivity contribution in [1.29, 1.82) is 0 Å². The number of Topliss-reactive ketones (excluding diaryl/α,β-unsaturated/α-hetero) is 1. The molecule has 0 saturated heterocycles. The molecule has 0 aliphatic carbocycles. The van der Waals surface area contributed by atoms with Crippen LogP contribution in [0.4, 0.5) is 0 Å². The van der Waals surface area contributed by atoms with E-state index in [1.165, 1.54) is 14.2 Å². The van der Waals surface area contributed by atoms with Crippen LogP contribution in [0.5, 0.6) is 0 Å². The zero-order valence-electron chi connectivity index (χ0n) is 10.3. The van der Waals surface area contributed by atoms with Crippen molar-refractivity contribution in [3.8, 4) is 0 Å².